The molecule has 0 saturated carbocycles. The van der Waals surface area contributed by atoms with Crippen molar-refractivity contribution in [3.05, 3.63) is 0 Å². The highest BCUT2D eigenvalue weighted by atomic mass is 32.2. The second kappa shape index (κ2) is 2.82. The lowest BCUT2D eigenvalue weighted by molar-refractivity contribution is -0.144. The van der Waals surface area contributed by atoms with E-state index in [0.29, 0.717) is 6.42 Å². The minimum absolute atomic E-state index is 0.152. The van der Waals surface area contributed by atoms with Gasteiger partial charge in [-0.2, -0.15) is 0 Å². The number of aliphatic carboxylic acids is 1. The number of rotatable bonds is 1. The molecule has 3 rings (SSSR count). The fraction of sp³-hybridized carbons (Fsp3) is 0.667. The van der Waals surface area contributed by atoms with Gasteiger partial charge in [0.2, 0.25) is 10.2 Å². The highest BCUT2D eigenvalue weighted by Gasteiger charge is 2.64. The molecule has 15 heavy (non-hydrogen) atoms. The summed E-state index contributed by atoms with van der Waals surface area (Å²) in [6.45, 7) is 0. The average molecular weight is 228 g/mol. The van der Waals surface area contributed by atoms with Gasteiger partial charge in [0, 0.05) is 0 Å². The molecule has 0 spiro atoms. The molecule has 5 nitrogen and oxygen atoms in total. The van der Waals surface area contributed by atoms with Gasteiger partial charge in [0.05, 0.1) is 30.0 Å². The Labute approximate surface area is 89.2 Å². The zero-order valence-electron chi connectivity index (χ0n) is 7.58. The maximum absolute atomic E-state index is 11.5. The summed E-state index contributed by atoms with van der Waals surface area (Å²) in [4.78, 5) is 33.8. The third-order valence-corrected chi connectivity index (χ3v) is 4.37. The van der Waals surface area contributed by atoms with Crippen LogP contribution in [0, 0.1) is 17.8 Å². The number of thioether (sulfide) groups is 1. The minimum Gasteiger partial charge on any atom is -0.481 e. The maximum Gasteiger partial charge on any atom is 0.309 e. The molecule has 0 unspecified atom stereocenters. The summed E-state index contributed by atoms with van der Waals surface area (Å²) < 4.78 is 5.42. The first-order valence-electron chi connectivity index (χ1n) is 4.73. The van der Waals surface area contributed by atoms with Crippen LogP contribution in [-0.2, 0) is 19.1 Å². The SMILES string of the molecule is O=C1SC(=O)[C@@H]2[C@H]1[C@@H]1O[C@H]2C[C@@H]1C(=O)O. The van der Waals surface area contributed by atoms with Crippen molar-refractivity contribution in [2.45, 2.75) is 18.6 Å². The fourth-order valence-corrected chi connectivity index (χ4v) is 3.84. The van der Waals surface area contributed by atoms with Crippen LogP contribution in [-0.4, -0.2) is 33.5 Å². The highest BCUT2D eigenvalue weighted by Crippen LogP contribution is 2.53. The highest BCUT2D eigenvalue weighted by molar-refractivity contribution is 8.26. The van der Waals surface area contributed by atoms with Crippen molar-refractivity contribution < 1.29 is 24.2 Å². The van der Waals surface area contributed by atoms with E-state index in [1.165, 1.54) is 0 Å². The van der Waals surface area contributed by atoms with Crippen LogP contribution in [0.4, 0.5) is 0 Å². The molecule has 0 radical (unpaired) electrons. The van der Waals surface area contributed by atoms with E-state index < -0.39 is 23.9 Å². The van der Waals surface area contributed by atoms with E-state index in [4.69, 9.17) is 9.84 Å². The summed E-state index contributed by atoms with van der Waals surface area (Å²) in [5.41, 5.74) is 0. The van der Waals surface area contributed by atoms with Gasteiger partial charge in [-0.25, -0.2) is 0 Å². The number of carbonyl (C=O) groups excluding carboxylic acids is 2. The van der Waals surface area contributed by atoms with Crippen molar-refractivity contribution in [1.29, 1.82) is 0 Å². The molecule has 0 aromatic heterocycles. The lowest BCUT2D eigenvalue weighted by Gasteiger charge is -2.22. The van der Waals surface area contributed by atoms with Crippen LogP contribution in [0.1, 0.15) is 6.42 Å². The van der Waals surface area contributed by atoms with E-state index in [2.05, 4.69) is 0 Å². The number of ether oxygens (including phenoxy) is 1. The zero-order valence-corrected chi connectivity index (χ0v) is 8.40. The van der Waals surface area contributed by atoms with E-state index in [9.17, 15) is 14.4 Å². The van der Waals surface area contributed by atoms with Gasteiger partial charge in [0.25, 0.3) is 0 Å². The number of carboxylic acid groups (broad SMARTS) is 1. The second-order valence-corrected chi connectivity index (χ2v) is 5.12. The van der Waals surface area contributed by atoms with Crippen LogP contribution >= 0.6 is 11.8 Å². The average Bonchev–Trinajstić information content (AvgIpc) is 2.77. The molecule has 6 heteroatoms. The maximum atomic E-state index is 11.5. The molecule has 0 aromatic rings. The predicted octanol–water partition coefficient (Wildman–Crippen LogP) is -0.109. The smallest absolute Gasteiger partial charge is 0.309 e. The quantitative estimate of drug-likeness (QED) is 0.674. The third-order valence-electron chi connectivity index (χ3n) is 3.42. The van der Waals surface area contributed by atoms with Gasteiger partial charge in [0.15, 0.2) is 0 Å². The molecule has 0 aliphatic carbocycles. The fourth-order valence-electron chi connectivity index (χ4n) is 2.79. The molecule has 3 aliphatic rings. The summed E-state index contributed by atoms with van der Waals surface area (Å²) >= 11 is 0.723. The van der Waals surface area contributed by atoms with Gasteiger partial charge < -0.3 is 9.84 Å². The summed E-state index contributed by atoms with van der Waals surface area (Å²) in [6.07, 6.45) is -0.572. The molecule has 2 bridgehead atoms. The molecular weight excluding hydrogens is 220 g/mol. The molecule has 80 valence electrons. The van der Waals surface area contributed by atoms with Crippen LogP contribution in [0.25, 0.3) is 0 Å². The van der Waals surface area contributed by atoms with E-state index >= 15 is 0 Å². The Morgan fingerprint density at radius 3 is 2.67 bits per heavy atom. The van der Waals surface area contributed by atoms with Crippen molar-refractivity contribution in [1.82, 2.24) is 0 Å². The van der Waals surface area contributed by atoms with Crippen molar-refractivity contribution >= 4 is 28.0 Å². The van der Waals surface area contributed by atoms with Crippen molar-refractivity contribution in [2.75, 3.05) is 0 Å². The van der Waals surface area contributed by atoms with Crippen LogP contribution in [0.2, 0.25) is 0 Å². The number of hydrogen-bond donors (Lipinski definition) is 1. The molecule has 3 heterocycles. The van der Waals surface area contributed by atoms with E-state index in [1.54, 1.807) is 0 Å². The van der Waals surface area contributed by atoms with Crippen molar-refractivity contribution in [2.24, 2.45) is 17.8 Å². The largest absolute Gasteiger partial charge is 0.481 e. The molecule has 3 saturated heterocycles. The van der Waals surface area contributed by atoms with Crippen molar-refractivity contribution in [3.63, 3.8) is 0 Å². The van der Waals surface area contributed by atoms with Crippen LogP contribution in [0.5, 0.6) is 0 Å². The molecule has 3 fully saturated rings. The molecule has 3 aliphatic heterocycles. The molecule has 0 amide bonds. The second-order valence-electron chi connectivity index (χ2n) is 4.11. The van der Waals surface area contributed by atoms with Crippen LogP contribution in [0.3, 0.4) is 0 Å². The number of carbonyl (C=O) groups is 3. The van der Waals surface area contributed by atoms with Gasteiger partial charge in [-0.05, 0) is 18.2 Å². The summed E-state index contributed by atoms with van der Waals surface area (Å²) in [5.74, 6) is -2.45. The lowest BCUT2D eigenvalue weighted by atomic mass is 9.75. The van der Waals surface area contributed by atoms with E-state index in [-0.39, 0.29) is 22.3 Å². The molecule has 0 aromatic carbocycles. The number of hydrogen-bond acceptors (Lipinski definition) is 5. The Kier molecular flexibility index (Phi) is 1.76. The Morgan fingerprint density at radius 1 is 1.33 bits per heavy atom. The molecule has 5 atom stereocenters. The molecule has 1 N–H and O–H groups in total. The van der Waals surface area contributed by atoms with Gasteiger partial charge >= 0.3 is 5.97 Å². The first kappa shape index (κ1) is 9.35. The zero-order chi connectivity index (χ0) is 10.7. The first-order valence-corrected chi connectivity index (χ1v) is 5.55. The van der Waals surface area contributed by atoms with Crippen LogP contribution < -0.4 is 0 Å². The topological polar surface area (TPSA) is 80.7 Å². The third kappa shape index (κ3) is 1.06. The summed E-state index contributed by atoms with van der Waals surface area (Å²) in [6, 6.07) is 0. The van der Waals surface area contributed by atoms with Crippen LogP contribution in [0.15, 0.2) is 0 Å². The normalized spacial score (nSPS) is 47.3. The minimum atomic E-state index is -0.932. The van der Waals surface area contributed by atoms with E-state index in [0.717, 1.165) is 11.8 Å². The predicted molar refractivity (Wildman–Crippen MR) is 49.0 cm³/mol. The van der Waals surface area contributed by atoms with E-state index in [1.807, 2.05) is 0 Å². The van der Waals surface area contributed by atoms with Gasteiger partial charge in [-0.1, -0.05) is 0 Å². The standard InChI is InChI=1S/C9H8O5S/c10-7(11)2-1-3-4-5(6(2)14-3)9(13)15-8(4)12/h2-6H,1H2,(H,10,11)/t2-,3-,4-,5-,6+/m0/s1. The van der Waals surface area contributed by atoms with Gasteiger partial charge in [-0.15, -0.1) is 0 Å². The Bertz CT molecular complexity index is 379. The first-order chi connectivity index (χ1) is 7.09. The summed E-state index contributed by atoms with van der Waals surface area (Å²) in [5, 5.41) is 8.55. The molecular formula is C9H8O5S. The Morgan fingerprint density at radius 2 is 2.00 bits per heavy atom. The Balaban J connectivity index is 1.95. The van der Waals surface area contributed by atoms with Gasteiger partial charge in [-0.3, -0.25) is 14.4 Å². The lowest BCUT2D eigenvalue weighted by Crippen LogP contribution is -2.38. The number of carboxylic acids is 1. The monoisotopic (exact) mass is 228 g/mol. The summed E-state index contributed by atoms with van der Waals surface area (Å²) in [7, 11) is 0. The van der Waals surface area contributed by atoms with Gasteiger partial charge in [0.1, 0.15) is 0 Å². The Hall–Kier alpha value is -0.880. The number of fused-ring (bicyclic) bond motifs is 5. The van der Waals surface area contributed by atoms with Crippen molar-refractivity contribution in [3.8, 4) is 0 Å².